The van der Waals surface area contributed by atoms with Crippen LogP contribution in [0, 0.1) is 0 Å². The van der Waals surface area contributed by atoms with E-state index in [1.807, 2.05) is 42.5 Å². The maximum absolute atomic E-state index is 14.0. The van der Waals surface area contributed by atoms with Gasteiger partial charge >= 0.3 is 0 Å². The molecule has 0 aliphatic carbocycles. The molecule has 3 heterocycles. The van der Waals surface area contributed by atoms with Crippen LogP contribution < -0.4 is 24.9 Å². The summed E-state index contributed by atoms with van der Waals surface area (Å²) >= 11 is 13.6. The lowest BCUT2D eigenvalue weighted by Crippen LogP contribution is -2.40. The number of carbonyl (C=O) groups is 1. The van der Waals surface area contributed by atoms with E-state index in [0.717, 1.165) is 0 Å². The number of nitrogens with zero attached hydrogens (tertiary/aromatic N) is 2. The molecule has 42 heavy (non-hydrogen) atoms. The number of hydrogen-bond acceptors (Lipinski definition) is 6. The van der Waals surface area contributed by atoms with E-state index in [1.54, 1.807) is 67.1 Å². The van der Waals surface area contributed by atoms with Crippen molar-refractivity contribution >= 4 is 52.2 Å². The van der Waals surface area contributed by atoms with Crippen LogP contribution in [0.2, 0.25) is 10.0 Å². The average Bonchev–Trinajstić information content (AvgIpc) is 3.56. The number of thiazole rings is 1. The third-order valence-corrected chi connectivity index (χ3v) is 8.33. The van der Waals surface area contributed by atoms with Crippen molar-refractivity contribution in [3.63, 3.8) is 0 Å². The van der Waals surface area contributed by atoms with Gasteiger partial charge in [0.2, 0.25) is 0 Å². The summed E-state index contributed by atoms with van der Waals surface area (Å²) in [6.45, 7) is 1.78. The topological polar surface area (TPSA) is 85.8 Å². The zero-order valence-electron chi connectivity index (χ0n) is 22.4. The number of carbonyl (C=O) groups excluding carboxylic acids is 1. The molecule has 210 valence electrons. The van der Waals surface area contributed by atoms with Crippen molar-refractivity contribution in [2.75, 3.05) is 12.4 Å². The van der Waals surface area contributed by atoms with Crippen molar-refractivity contribution in [2.24, 2.45) is 4.99 Å². The standard InChI is InChI=1S/C32H23Cl2N3O4S/c1-18-28(30(38)36-21-8-4-3-5-9-21)29(19-7-6-10-22(15-19)40-2)37-31(39)27(42-32(37)35-18)17-23-12-14-26(41-23)24-13-11-20(33)16-25(24)34/h3-17,29H,1-2H3,(H,36,38)/b27-17-/t29-/m1/s1. The molecule has 0 radical (unpaired) electrons. The lowest BCUT2D eigenvalue weighted by atomic mass is 9.95. The van der Waals surface area contributed by atoms with Crippen LogP contribution in [-0.4, -0.2) is 17.6 Å². The number of aromatic nitrogens is 1. The van der Waals surface area contributed by atoms with Crippen LogP contribution >= 0.6 is 34.5 Å². The molecule has 0 unspecified atom stereocenters. The smallest absolute Gasteiger partial charge is 0.271 e. The first-order valence-corrected chi connectivity index (χ1v) is 14.5. The number of rotatable bonds is 6. The number of anilines is 1. The van der Waals surface area contributed by atoms with Gasteiger partial charge in [0.05, 0.1) is 34.0 Å². The summed E-state index contributed by atoms with van der Waals surface area (Å²) in [6, 6.07) is 24.5. The highest BCUT2D eigenvalue weighted by molar-refractivity contribution is 7.07. The predicted molar refractivity (Wildman–Crippen MR) is 166 cm³/mol. The number of fused-ring (bicyclic) bond motifs is 1. The van der Waals surface area contributed by atoms with Gasteiger partial charge in [0.25, 0.3) is 11.5 Å². The Bertz CT molecular complexity index is 2040. The van der Waals surface area contributed by atoms with E-state index >= 15 is 0 Å². The van der Waals surface area contributed by atoms with Crippen LogP contribution in [-0.2, 0) is 4.79 Å². The van der Waals surface area contributed by atoms with E-state index < -0.39 is 6.04 Å². The van der Waals surface area contributed by atoms with E-state index in [0.29, 0.717) is 64.7 Å². The lowest BCUT2D eigenvalue weighted by molar-refractivity contribution is -0.113. The van der Waals surface area contributed by atoms with Crippen LogP contribution in [0.4, 0.5) is 5.69 Å². The van der Waals surface area contributed by atoms with Crippen LogP contribution in [0.25, 0.3) is 17.4 Å². The van der Waals surface area contributed by atoms with Crippen molar-refractivity contribution < 1.29 is 13.9 Å². The van der Waals surface area contributed by atoms with E-state index in [9.17, 15) is 9.59 Å². The second kappa shape index (κ2) is 11.5. The van der Waals surface area contributed by atoms with Crippen molar-refractivity contribution in [2.45, 2.75) is 13.0 Å². The van der Waals surface area contributed by atoms with Crippen LogP contribution in [0.15, 0.2) is 110 Å². The fourth-order valence-corrected chi connectivity index (χ4v) is 6.38. The number of benzene rings is 3. The Kier molecular flexibility index (Phi) is 7.60. The van der Waals surface area contributed by atoms with Gasteiger partial charge in [-0.2, -0.15) is 0 Å². The molecule has 0 spiro atoms. The fourth-order valence-electron chi connectivity index (χ4n) is 4.85. The summed E-state index contributed by atoms with van der Waals surface area (Å²) in [7, 11) is 1.57. The first-order valence-electron chi connectivity index (χ1n) is 12.9. The summed E-state index contributed by atoms with van der Waals surface area (Å²) in [4.78, 5) is 32.8. The van der Waals surface area contributed by atoms with E-state index in [4.69, 9.17) is 37.3 Å². The molecule has 7 nitrogen and oxygen atoms in total. The zero-order valence-corrected chi connectivity index (χ0v) is 24.8. The molecule has 10 heteroatoms. The SMILES string of the molecule is COc1cccc([C@@H]2C(C(=O)Nc3ccccc3)=C(C)N=c3s/c(=C\c4ccc(-c5ccc(Cl)cc5Cl)o4)c(=O)n32)c1. The van der Waals surface area contributed by atoms with Crippen LogP contribution in [0.1, 0.15) is 24.3 Å². The molecule has 1 N–H and O–H groups in total. The van der Waals surface area contributed by atoms with Crippen LogP contribution in [0.3, 0.4) is 0 Å². The van der Waals surface area contributed by atoms with E-state index in [1.165, 1.54) is 11.3 Å². The number of nitrogens with one attached hydrogen (secondary N) is 1. The monoisotopic (exact) mass is 615 g/mol. The minimum atomic E-state index is -0.734. The number of halogens is 2. The van der Waals surface area contributed by atoms with Gasteiger partial charge in [0.15, 0.2) is 4.80 Å². The molecular formula is C32H23Cl2N3O4S. The number of ether oxygens (including phenoxy) is 1. The largest absolute Gasteiger partial charge is 0.497 e. The summed E-state index contributed by atoms with van der Waals surface area (Å²) in [5.74, 6) is 1.27. The van der Waals surface area contributed by atoms with E-state index in [-0.39, 0.29) is 11.5 Å². The summed E-state index contributed by atoms with van der Waals surface area (Å²) in [5.41, 5.74) is 2.62. The van der Waals surface area contributed by atoms with Crippen molar-refractivity contribution in [3.8, 4) is 17.1 Å². The van der Waals surface area contributed by atoms with Gasteiger partial charge in [0, 0.05) is 22.3 Å². The van der Waals surface area contributed by atoms with Gasteiger partial charge in [-0.3, -0.25) is 14.2 Å². The summed E-state index contributed by atoms with van der Waals surface area (Å²) < 4.78 is 13.4. The Morgan fingerprint density at radius 1 is 1.05 bits per heavy atom. The summed E-state index contributed by atoms with van der Waals surface area (Å²) in [5, 5.41) is 3.93. The van der Waals surface area contributed by atoms with Gasteiger partial charge in [-0.1, -0.05) is 64.9 Å². The third-order valence-electron chi connectivity index (χ3n) is 6.80. The highest BCUT2D eigenvalue weighted by Crippen LogP contribution is 2.33. The molecule has 1 amide bonds. The molecule has 0 fully saturated rings. The Hall–Kier alpha value is -4.37. The van der Waals surface area contributed by atoms with Gasteiger partial charge in [-0.05, 0) is 67.1 Å². The Morgan fingerprint density at radius 3 is 2.62 bits per heavy atom. The number of furan rings is 1. The molecule has 1 atom stereocenters. The number of amides is 1. The molecule has 1 aliphatic heterocycles. The first-order chi connectivity index (χ1) is 20.3. The van der Waals surface area contributed by atoms with Gasteiger partial charge in [0.1, 0.15) is 17.3 Å². The summed E-state index contributed by atoms with van der Waals surface area (Å²) in [6.07, 6.45) is 1.67. The molecule has 0 saturated heterocycles. The number of allylic oxidation sites excluding steroid dienone is 1. The highest BCUT2D eigenvalue weighted by atomic mass is 35.5. The molecule has 2 aromatic heterocycles. The van der Waals surface area contributed by atoms with Gasteiger partial charge in [-0.25, -0.2) is 4.99 Å². The Labute approximate surface area is 254 Å². The predicted octanol–water partition coefficient (Wildman–Crippen LogP) is 6.45. The van der Waals surface area contributed by atoms with Gasteiger partial charge in [-0.15, -0.1) is 0 Å². The number of para-hydroxylation sites is 1. The molecule has 0 saturated carbocycles. The second-order valence-electron chi connectivity index (χ2n) is 9.50. The van der Waals surface area contributed by atoms with Gasteiger partial charge < -0.3 is 14.5 Å². The Balaban J connectivity index is 1.46. The quantitative estimate of drug-likeness (QED) is 0.238. The minimum absolute atomic E-state index is 0.299. The number of hydrogen-bond donors (Lipinski definition) is 1. The molecular weight excluding hydrogens is 593 g/mol. The normalized spacial score (nSPS) is 14.9. The fraction of sp³-hybridized carbons (Fsp3) is 0.0938. The van der Waals surface area contributed by atoms with Crippen molar-refractivity contribution in [3.05, 3.63) is 137 Å². The second-order valence-corrected chi connectivity index (χ2v) is 11.4. The average molecular weight is 617 g/mol. The third kappa shape index (κ3) is 5.32. The molecule has 6 rings (SSSR count). The first kappa shape index (κ1) is 27.8. The Morgan fingerprint density at radius 2 is 1.86 bits per heavy atom. The molecule has 0 bridgehead atoms. The minimum Gasteiger partial charge on any atom is -0.497 e. The van der Waals surface area contributed by atoms with Crippen molar-refractivity contribution in [1.29, 1.82) is 0 Å². The molecule has 1 aliphatic rings. The molecule has 3 aromatic carbocycles. The zero-order chi connectivity index (χ0) is 29.4. The van der Waals surface area contributed by atoms with Crippen molar-refractivity contribution in [1.82, 2.24) is 4.57 Å². The van der Waals surface area contributed by atoms with E-state index in [2.05, 4.69) is 5.32 Å². The maximum Gasteiger partial charge on any atom is 0.271 e. The van der Waals surface area contributed by atoms with Crippen LogP contribution in [0.5, 0.6) is 5.75 Å². The number of methoxy groups -OCH3 is 1. The molecule has 5 aromatic rings. The highest BCUT2D eigenvalue weighted by Gasteiger charge is 2.32. The lowest BCUT2D eigenvalue weighted by Gasteiger charge is -2.25. The maximum atomic E-state index is 14.0.